The van der Waals surface area contributed by atoms with E-state index in [2.05, 4.69) is 16.3 Å². The van der Waals surface area contributed by atoms with Gasteiger partial charge < -0.3 is 0 Å². The number of halogens is 1. The van der Waals surface area contributed by atoms with Crippen molar-refractivity contribution in [3.05, 3.63) is 16.9 Å². The first-order valence-corrected chi connectivity index (χ1v) is 4.27. The Balaban J connectivity index is 2.42. The molecule has 12 heavy (non-hydrogen) atoms. The number of aromatic amines is 1. The highest BCUT2D eigenvalue weighted by atomic mass is 35.5. The van der Waals surface area contributed by atoms with E-state index in [0.717, 1.165) is 24.8 Å². The predicted octanol–water partition coefficient (Wildman–Crippen LogP) is 2.01. The normalized spacial score (nSPS) is 19.7. The third-order valence-electron chi connectivity index (χ3n) is 2.53. The number of nitrogens with zero attached hydrogens (tertiary/aromatic N) is 2. The van der Waals surface area contributed by atoms with E-state index < -0.39 is 0 Å². The monoisotopic (exact) mass is 181 g/mol. The topological polar surface area (TPSA) is 52.5 Å². The summed E-state index contributed by atoms with van der Waals surface area (Å²) in [5.41, 5.74) is 0.516. The van der Waals surface area contributed by atoms with Gasteiger partial charge in [-0.2, -0.15) is 10.4 Å². The number of rotatable bonds is 1. The summed E-state index contributed by atoms with van der Waals surface area (Å²) >= 11 is 5.85. The summed E-state index contributed by atoms with van der Waals surface area (Å²) in [5.74, 6) is 0. The van der Waals surface area contributed by atoms with E-state index in [0.29, 0.717) is 5.15 Å². The highest BCUT2D eigenvalue weighted by Gasteiger charge is 2.41. The maximum absolute atomic E-state index is 8.98. The fourth-order valence-corrected chi connectivity index (χ4v) is 1.85. The van der Waals surface area contributed by atoms with Gasteiger partial charge in [0, 0.05) is 5.56 Å². The molecule has 1 N–H and O–H groups in total. The maximum atomic E-state index is 8.98. The van der Waals surface area contributed by atoms with E-state index in [9.17, 15) is 0 Å². The second-order valence-corrected chi connectivity index (χ2v) is 3.52. The van der Waals surface area contributed by atoms with Gasteiger partial charge in [-0.05, 0) is 19.3 Å². The van der Waals surface area contributed by atoms with Crippen LogP contribution in [0.15, 0.2) is 6.20 Å². The number of H-pyrrole nitrogens is 1. The van der Waals surface area contributed by atoms with Crippen LogP contribution in [-0.2, 0) is 5.41 Å². The molecule has 0 bridgehead atoms. The first-order valence-electron chi connectivity index (χ1n) is 3.89. The van der Waals surface area contributed by atoms with Crippen molar-refractivity contribution in [2.45, 2.75) is 24.7 Å². The second-order valence-electron chi connectivity index (χ2n) is 3.15. The van der Waals surface area contributed by atoms with Crippen LogP contribution in [0, 0.1) is 11.3 Å². The molecule has 2 rings (SSSR count). The van der Waals surface area contributed by atoms with Crippen LogP contribution in [-0.4, -0.2) is 10.2 Å². The predicted molar refractivity (Wildman–Crippen MR) is 44.7 cm³/mol. The molecule has 0 unspecified atom stereocenters. The highest BCUT2D eigenvalue weighted by molar-refractivity contribution is 6.30. The van der Waals surface area contributed by atoms with Gasteiger partial charge in [-0.3, -0.25) is 5.10 Å². The molecule has 0 aliphatic heterocycles. The van der Waals surface area contributed by atoms with Gasteiger partial charge >= 0.3 is 0 Å². The first-order chi connectivity index (χ1) is 5.78. The zero-order valence-corrected chi connectivity index (χ0v) is 7.23. The molecule has 0 aromatic carbocycles. The van der Waals surface area contributed by atoms with Gasteiger partial charge in [0.1, 0.15) is 5.15 Å². The summed E-state index contributed by atoms with van der Waals surface area (Å²) in [5, 5.41) is 15.9. The molecule has 1 saturated carbocycles. The molecule has 4 heteroatoms. The number of aromatic nitrogens is 2. The molecule has 1 heterocycles. The lowest BCUT2D eigenvalue weighted by Gasteiger charge is -2.34. The summed E-state index contributed by atoms with van der Waals surface area (Å²) < 4.78 is 0. The average molecular weight is 182 g/mol. The Bertz CT molecular complexity index is 332. The highest BCUT2D eigenvalue weighted by Crippen LogP contribution is 2.44. The van der Waals surface area contributed by atoms with E-state index in [1.54, 1.807) is 6.20 Å². The molecule has 0 spiro atoms. The third-order valence-corrected chi connectivity index (χ3v) is 2.82. The van der Waals surface area contributed by atoms with E-state index in [-0.39, 0.29) is 5.41 Å². The van der Waals surface area contributed by atoms with Gasteiger partial charge in [-0.15, -0.1) is 0 Å². The smallest absolute Gasteiger partial charge is 0.128 e. The lowest BCUT2D eigenvalue weighted by atomic mass is 9.66. The molecule has 1 aromatic heterocycles. The molecule has 1 aliphatic rings. The molecule has 62 valence electrons. The molecule has 0 saturated heterocycles. The number of hydrogen-bond acceptors (Lipinski definition) is 2. The van der Waals surface area contributed by atoms with Crippen molar-refractivity contribution in [1.29, 1.82) is 5.26 Å². The van der Waals surface area contributed by atoms with Crippen LogP contribution in [0.2, 0.25) is 5.15 Å². The van der Waals surface area contributed by atoms with Crippen molar-refractivity contribution in [1.82, 2.24) is 10.2 Å². The lowest BCUT2D eigenvalue weighted by molar-refractivity contribution is 0.324. The first kappa shape index (κ1) is 7.63. The molecule has 1 aliphatic carbocycles. The SMILES string of the molecule is N#CC1(c2cn[nH]c2Cl)CCC1. The molecule has 3 nitrogen and oxygen atoms in total. The number of nitriles is 1. The van der Waals surface area contributed by atoms with Crippen LogP contribution >= 0.6 is 11.6 Å². The van der Waals surface area contributed by atoms with Gasteiger partial charge in [0.05, 0.1) is 17.7 Å². The fraction of sp³-hybridized carbons (Fsp3) is 0.500. The summed E-state index contributed by atoms with van der Waals surface area (Å²) in [7, 11) is 0. The summed E-state index contributed by atoms with van der Waals surface area (Å²) in [6, 6.07) is 2.31. The van der Waals surface area contributed by atoms with E-state index in [1.807, 2.05) is 0 Å². The zero-order chi connectivity index (χ0) is 8.60. The molecular formula is C8H8ClN3. The Kier molecular flexibility index (Phi) is 1.59. The van der Waals surface area contributed by atoms with Gasteiger partial charge in [0.15, 0.2) is 0 Å². The molecule has 0 radical (unpaired) electrons. The van der Waals surface area contributed by atoms with Crippen LogP contribution in [0.5, 0.6) is 0 Å². The summed E-state index contributed by atoms with van der Waals surface area (Å²) in [4.78, 5) is 0. The zero-order valence-electron chi connectivity index (χ0n) is 6.47. The number of nitrogens with one attached hydrogen (secondary N) is 1. The van der Waals surface area contributed by atoms with Crippen LogP contribution in [0.25, 0.3) is 0 Å². The Morgan fingerprint density at radius 1 is 1.67 bits per heavy atom. The van der Waals surface area contributed by atoms with Crippen molar-refractivity contribution in [2.24, 2.45) is 0 Å². The Morgan fingerprint density at radius 3 is 2.75 bits per heavy atom. The van der Waals surface area contributed by atoms with E-state index >= 15 is 0 Å². The van der Waals surface area contributed by atoms with Crippen molar-refractivity contribution in [2.75, 3.05) is 0 Å². The minimum Gasteiger partial charge on any atom is -0.267 e. The molecule has 1 fully saturated rings. The van der Waals surface area contributed by atoms with E-state index in [1.165, 1.54) is 0 Å². The van der Waals surface area contributed by atoms with Crippen LogP contribution in [0.4, 0.5) is 0 Å². The Hall–Kier alpha value is -1.01. The minimum absolute atomic E-state index is 0.343. The van der Waals surface area contributed by atoms with Gasteiger partial charge in [0.2, 0.25) is 0 Å². The summed E-state index contributed by atoms with van der Waals surface area (Å²) in [6.07, 6.45) is 4.57. The van der Waals surface area contributed by atoms with Crippen molar-refractivity contribution in [3.63, 3.8) is 0 Å². The van der Waals surface area contributed by atoms with Crippen molar-refractivity contribution in [3.8, 4) is 6.07 Å². The standard InChI is InChI=1S/C8H8ClN3/c9-7-6(4-11-12-7)8(5-10)2-1-3-8/h4H,1-3H2,(H,11,12). The van der Waals surface area contributed by atoms with Gasteiger partial charge in [-0.25, -0.2) is 0 Å². The van der Waals surface area contributed by atoms with Gasteiger partial charge in [0.25, 0.3) is 0 Å². The van der Waals surface area contributed by atoms with Crippen molar-refractivity contribution < 1.29 is 0 Å². The van der Waals surface area contributed by atoms with E-state index in [4.69, 9.17) is 16.9 Å². The summed E-state index contributed by atoms with van der Waals surface area (Å²) in [6.45, 7) is 0. The second kappa shape index (κ2) is 2.49. The van der Waals surface area contributed by atoms with Gasteiger partial charge in [-0.1, -0.05) is 11.6 Å². The minimum atomic E-state index is -0.343. The number of hydrogen-bond donors (Lipinski definition) is 1. The molecule has 0 atom stereocenters. The maximum Gasteiger partial charge on any atom is 0.128 e. The lowest BCUT2D eigenvalue weighted by Crippen LogP contribution is -2.32. The average Bonchev–Trinajstić information content (AvgIpc) is 2.36. The molecule has 0 amide bonds. The van der Waals surface area contributed by atoms with Crippen LogP contribution in [0.1, 0.15) is 24.8 Å². The molecular weight excluding hydrogens is 174 g/mol. The van der Waals surface area contributed by atoms with Crippen LogP contribution < -0.4 is 0 Å². The van der Waals surface area contributed by atoms with Crippen LogP contribution in [0.3, 0.4) is 0 Å². The Morgan fingerprint density at radius 2 is 2.42 bits per heavy atom. The third kappa shape index (κ3) is 0.850. The molecule has 1 aromatic rings. The quantitative estimate of drug-likeness (QED) is 0.721. The fourth-order valence-electron chi connectivity index (χ4n) is 1.58. The van der Waals surface area contributed by atoms with Crippen molar-refractivity contribution >= 4 is 11.6 Å². The largest absolute Gasteiger partial charge is 0.267 e. The Labute approximate surface area is 75.3 Å².